The Hall–Kier alpha value is -2.32. The number of piperidine rings is 1. The molecule has 0 aromatic heterocycles. The molecular formula is C23H21ClF4NO3-. The molecule has 1 heterocycles. The van der Waals surface area contributed by atoms with Crippen molar-refractivity contribution in [2.24, 2.45) is 0 Å². The van der Waals surface area contributed by atoms with E-state index in [4.69, 9.17) is 16.3 Å². The first-order chi connectivity index (χ1) is 15.1. The Kier molecular flexibility index (Phi) is 6.36. The number of carbonyl (C=O) groups is 1. The highest BCUT2D eigenvalue weighted by molar-refractivity contribution is 6.31. The second-order valence-corrected chi connectivity index (χ2v) is 8.73. The van der Waals surface area contributed by atoms with Gasteiger partial charge in [0.1, 0.15) is 17.7 Å². The maximum absolute atomic E-state index is 14.2. The van der Waals surface area contributed by atoms with Gasteiger partial charge in [-0.25, -0.2) is 4.39 Å². The van der Waals surface area contributed by atoms with Gasteiger partial charge in [-0.15, -0.1) is 0 Å². The van der Waals surface area contributed by atoms with Crippen molar-refractivity contribution in [3.8, 4) is 5.75 Å². The third kappa shape index (κ3) is 5.18. The van der Waals surface area contributed by atoms with Crippen LogP contribution >= 0.6 is 11.6 Å². The molecule has 2 aromatic carbocycles. The quantitative estimate of drug-likeness (QED) is 0.570. The summed E-state index contributed by atoms with van der Waals surface area (Å²) in [5, 5.41) is 10.8. The van der Waals surface area contributed by atoms with Crippen LogP contribution in [0.25, 0.3) is 0 Å². The first-order valence-corrected chi connectivity index (χ1v) is 10.8. The summed E-state index contributed by atoms with van der Waals surface area (Å²) >= 11 is 5.65. The Balaban J connectivity index is 1.39. The molecular weight excluding hydrogens is 450 g/mol. The van der Waals surface area contributed by atoms with Gasteiger partial charge >= 0.3 is 6.18 Å². The highest BCUT2D eigenvalue weighted by atomic mass is 35.5. The molecule has 1 aliphatic carbocycles. The molecule has 32 heavy (non-hydrogen) atoms. The van der Waals surface area contributed by atoms with Crippen LogP contribution in [0, 0.1) is 5.82 Å². The van der Waals surface area contributed by atoms with E-state index < -0.39 is 29.1 Å². The van der Waals surface area contributed by atoms with Crippen molar-refractivity contribution in [1.29, 1.82) is 0 Å². The van der Waals surface area contributed by atoms with E-state index in [0.717, 1.165) is 30.0 Å². The van der Waals surface area contributed by atoms with Crippen LogP contribution in [0.15, 0.2) is 30.3 Å². The highest BCUT2D eigenvalue weighted by Crippen LogP contribution is 2.43. The normalized spacial score (nSPS) is 18.0. The number of halogens is 5. The van der Waals surface area contributed by atoms with E-state index in [1.165, 1.54) is 24.3 Å². The summed E-state index contributed by atoms with van der Waals surface area (Å²) in [5.41, 5.74) is 0.277. The molecule has 0 bridgehead atoms. The molecule has 0 amide bonds. The molecule has 2 aromatic rings. The summed E-state index contributed by atoms with van der Waals surface area (Å²) in [6, 6.07) is 6.20. The maximum Gasteiger partial charge on any atom is 0.417 e. The molecule has 2 fully saturated rings. The third-order valence-corrected chi connectivity index (χ3v) is 6.27. The Morgan fingerprint density at radius 1 is 1.12 bits per heavy atom. The molecule has 1 aliphatic heterocycles. The summed E-state index contributed by atoms with van der Waals surface area (Å²) in [4.78, 5) is 13.3. The Morgan fingerprint density at radius 2 is 1.81 bits per heavy atom. The SMILES string of the molecule is O=C([O-])c1cc(C2CC2)c(CN2CCC(Oc3ccc(Cl)c(C(F)(F)F)c3)CC2)cc1F. The van der Waals surface area contributed by atoms with E-state index >= 15 is 0 Å². The Morgan fingerprint density at radius 3 is 2.41 bits per heavy atom. The molecule has 2 aliphatic rings. The van der Waals surface area contributed by atoms with E-state index in [0.29, 0.717) is 32.5 Å². The summed E-state index contributed by atoms with van der Waals surface area (Å²) in [6.07, 6.45) is -1.70. The van der Waals surface area contributed by atoms with Gasteiger partial charge in [-0.1, -0.05) is 11.6 Å². The predicted molar refractivity (Wildman–Crippen MR) is 108 cm³/mol. The lowest BCUT2D eigenvalue weighted by atomic mass is 9.98. The number of hydrogen-bond acceptors (Lipinski definition) is 4. The molecule has 1 saturated heterocycles. The summed E-state index contributed by atoms with van der Waals surface area (Å²) in [7, 11) is 0. The summed E-state index contributed by atoms with van der Waals surface area (Å²) in [6.45, 7) is 1.72. The smallest absolute Gasteiger partial charge is 0.417 e. The van der Waals surface area contributed by atoms with Crippen molar-refractivity contribution in [2.45, 2.75) is 50.4 Å². The van der Waals surface area contributed by atoms with Crippen LogP contribution in [0.4, 0.5) is 17.6 Å². The summed E-state index contributed by atoms with van der Waals surface area (Å²) in [5.74, 6) is -1.95. The minimum Gasteiger partial charge on any atom is -0.545 e. The van der Waals surface area contributed by atoms with E-state index in [9.17, 15) is 27.5 Å². The number of alkyl halides is 3. The molecule has 4 rings (SSSR count). The molecule has 0 radical (unpaired) electrons. The number of benzene rings is 2. The number of ether oxygens (including phenoxy) is 1. The number of carbonyl (C=O) groups excluding carboxylic acids is 1. The predicted octanol–water partition coefficient (Wildman–Crippen LogP) is 4.78. The van der Waals surface area contributed by atoms with E-state index in [1.807, 2.05) is 0 Å². The number of carboxylic acids is 1. The van der Waals surface area contributed by atoms with Crippen LogP contribution in [0.3, 0.4) is 0 Å². The lowest BCUT2D eigenvalue weighted by molar-refractivity contribution is -0.255. The van der Waals surface area contributed by atoms with E-state index in [1.54, 1.807) is 0 Å². The van der Waals surface area contributed by atoms with Crippen LogP contribution in [0.1, 0.15) is 58.6 Å². The minimum absolute atomic E-state index is 0.121. The van der Waals surface area contributed by atoms with E-state index in [2.05, 4.69) is 4.90 Å². The first-order valence-electron chi connectivity index (χ1n) is 10.4. The lowest BCUT2D eigenvalue weighted by Gasteiger charge is -2.33. The van der Waals surface area contributed by atoms with Gasteiger partial charge < -0.3 is 14.6 Å². The van der Waals surface area contributed by atoms with Crippen molar-refractivity contribution < 1.29 is 32.2 Å². The van der Waals surface area contributed by atoms with Gasteiger partial charge in [0.15, 0.2) is 0 Å². The second kappa shape index (κ2) is 8.90. The topological polar surface area (TPSA) is 52.6 Å². The van der Waals surface area contributed by atoms with Crippen LogP contribution in [-0.4, -0.2) is 30.1 Å². The number of carboxylic acid groups (broad SMARTS) is 1. The largest absolute Gasteiger partial charge is 0.545 e. The average Bonchev–Trinajstić information content (AvgIpc) is 3.55. The Bertz CT molecular complexity index is 1020. The number of likely N-dealkylation sites (tertiary alicyclic amines) is 1. The van der Waals surface area contributed by atoms with Gasteiger partial charge in [0.25, 0.3) is 0 Å². The van der Waals surface area contributed by atoms with Crippen molar-refractivity contribution in [3.63, 3.8) is 0 Å². The molecule has 0 atom stereocenters. The highest BCUT2D eigenvalue weighted by Gasteiger charge is 2.34. The van der Waals surface area contributed by atoms with E-state index in [-0.39, 0.29) is 22.8 Å². The van der Waals surface area contributed by atoms with Crippen molar-refractivity contribution in [3.05, 3.63) is 63.4 Å². The average molecular weight is 471 g/mol. The Labute approximate surface area is 187 Å². The zero-order chi connectivity index (χ0) is 23.0. The number of nitrogens with zero attached hydrogens (tertiary/aromatic N) is 1. The molecule has 1 saturated carbocycles. The zero-order valence-electron chi connectivity index (χ0n) is 17.1. The number of aromatic carboxylic acids is 1. The van der Waals surface area contributed by atoms with Gasteiger partial charge in [0, 0.05) is 25.2 Å². The fourth-order valence-electron chi connectivity index (χ4n) is 4.11. The standard InChI is InChI=1S/C23H22ClF4NO3/c24-20-4-3-16(10-19(20)23(26,27)28)32-15-5-7-29(8-6-15)12-14-9-21(25)18(22(30)31)11-17(14)13-1-2-13/h3-4,9-11,13,15H,1-2,5-8,12H2,(H,30,31)/p-1. The molecule has 0 unspecified atom stereocenters. The fraction of sp³-hybridized carbons (Fsp3) is 0.435. The molecule has 172 valence electrons. The van der Waals surface area contributed by atoms with Crippen LogP contribution in [0.2, 0.25) is 5.02 Å². The monoisotopic (exact) mass is 470 g/mol. The molecule has 9 heteroatoms. The van der Waals surface area contributed by atoms with Gasteiger partial charge in [-0.2, -0.15) is 13.2 Å². The number of hydrogen-bond donors (Lipinski definition) is 0. The molecule has 0 N–H and O–H groups in total. The first kappa shape index (κ1) is 22.9. The van der Waals surface area contributed by atoms with Crippen molar-refractivity contribution >= 4 is 17.6 Å². The minimum atomic E-state index is -4.55. The van der Waals surface area contributed by atoms with Gasteiger partial charge in [-0.05, 0) is 73.1 Å². The third-order valence-electron chi connectivity index (χ3n) is 5.94. The van der Waals surface area contributed by atoms with Crippen LogP contribution < -0.4 is 9.84 Å². The lowest BCUT2D eigenvalue weighted by Crippen LogP contribution is -2.38. The van der Waals surface area contributed by atoms with Crippen molar-refractivity contribution in [2.75, 3.05) is 13.1 Å². The maximum atomic E-state index is 14.2. The molecule has 4 nitrogen and oxygen atoms in total. The van der Waals surface area contributed by atoms with Crippen molar-refractivity contribution in [1.82, 2.24) is 4.90 Å². The summed E-state index contributed by atoms with van der Waals surface area (Å²) < 4.78 is 59.1. The van der Waals surface area contributed by atoms with Gasteiger partial charge in [0.2, 0.25) is 0 Å². The van der Waals surface area contributed by atoms with Crippen LogP contribution in [0.5, 0.6) is 5.75 Å². The molecule has 0 spiro atoms. The van der Waals surface area contributed by atoms with Gasteiger partial charge in [0.05, 0.1) is 16.6 Å². The number of rotatable bonds is 6. The second-order valence-electron chi connectivity index (χ2n) is 8.33. The fourth-order valence-corrected chi connectivity index (χ4v) is 4.34. The zero-order valence-corrected chi connectivity index (χ0v) is 17.8. The van der Waals surface area contributed by atoms with Gasteiger partial charge in [-0.3, -0.25) is 4.90 Å². The van der Waals surface area contributed by atoms with Crippen LogP contribution in [-0.2, 0) is 12.7 Å².